The Bertz CT molecular complexity index is 205. The quantitative estimate of drug-likeness (QED) is 0.509. The number of nitrogens with zero attached hydrogens (tertiary/aromatic N) is 2. The summed E-state index contributed by atoms with van der Waals surface area (Å²) >= 11 is 0. The lowest BCUT2D eigenvalue weighted by molar-refractivity contribution is -0.135. The van der Waals surface area contributed by atoms with Gasteiger partial charge in [0.15, 0.2) is 0 Å². The van der Waals surface area contributed by atoms with Crippen LogP contribution < -0.4 is 0 Å². The van der Waals surface area contributed by atoms with Crippen LogP contribution >= 0.6 is 0 Å². The maximum atomic E-state index is 10.4. The fourth-order valence-corrected chi connectivity index (χ4v) is 0.341. The minimum atomic E-state index is -0.788. The summed E-state index contributed by atoms with van der Waals surface area (Å²) in [6, 6.07) is 3.05. The molecule has 0 saturated carbocycles. The van der Waals surface area contributed by atoms with Gasteiger partial charge in [-0.2, -0.15) is 10.5 Å². The molecular weight excluding hydrogens is 132 g/mol. The van der Waals surface area contributed by atoms with Gasteiger partial charge in [0.1, 0.15) is 12.8 Å². The predicted octanol–water partition coefficient (Wildman–Crippen LogP) is -0.0480. The van der Waals surface area contributed by atoms with Gasteiger partial charge in [-0.25, -0.2) is 0 Å². The van der Waals surface area contributed by atoms with Crippen LogP contribution in [-0.4, -0.2) is 11.6 Å². The van der Waals surface area contributed by atoms with Gasteiger partial charge in [0.25, 0.3) is 0 Å². The second-order valence-electron chi connectivity index (χ2n) is 1.52. The summed E-state index contributed by atoms with van der Waals surface area (Å²) in [5, 5.41) is 15.9. The van der Waals surface area contributed by atoms with Crippen molar-refractivity contribution in [2.45, 2.75) is 12.8 Å². The standard InChI is InChI=1S/C6H4N2O2/c7-3-1-5(9)6(10)2-4-8/h1-2H2. The highest BCUT2D eigenvalue weighted by Crippen LogP contribution is 1.87. The fourth-order valence-electron chi connectivity index (χ4n) is 0.341. The Balaban J connectivity index is 3.89. The molecule has 0 amide bonds. The van der Waals surface area contributed by atoms with Gasteiger partial charge in [0, 0.05) is 0 Å². The number of carbonyl (C=O) groups is 2. The Morgan fingerprint density at radius 3 is 1.50 bits per heavy atom. The van der Waals surface area contributed by atoms with E-state index in [1.807, 2.05) is 0 Å². The third-order valence-corrected chi connectivity index (χ3v) is 0.790. The molecule has 10 heavy (non-hydrogen) atoms. The van der Waals surface area contributed by atoms with Crippen molar-refractivity contribution in [3.63, 3.8) is 0 Å². The molecule has 4 heteroatoms. The summed E-state index contributed by atoms with van der Waals surface area (Å²) in [6.45, 7) is 0. The average molecular weight is 136 g/mol. The van der Waals surface area contributed by atoms with E-state index in [9.17, 15) is 9.59 Å². The first-order valence-electron chi connectivity index (χ1n) is 2.52. The van der Waals surface area contributed by atoms with Crippen molar-refractivity contribution < 1.29 is 9.59 Å². The molecule has 0 aromatic heterocycles. The molecule has 50 valence electrons. The van der Waals surface area contributed by atoms with Crippen LogP contribution in [0.5, 0.6) is 0 Å². The molecule has 0 spiro atoms. The summed E-state index contributed by atoms with van der Waals surface area (Å²) in [4.78, 5) is 20.8. The Hall–Kier alpha value is -1.68. The van der Waals surface area contributed by atoms with Gasteiger partial charge < -0.3 is 0 Å². The van der Waals surface area contributed by atoms with Gasteiger partial charge in [-0.05, 0) is 0 Å². The van der Waals surface area contributed by atoms with Gasteiger partial charge in [0.05, 0.1) is 12.1 Å². The summed E-state index contributed by atoms with van der Waals surface area (Å²) in [6.07, 6.45) is -0.860. The van der Waals surface area contributed by atoms with Crippen molar-refractivity contribution in [2.75, 3.05) is 0 Å². The predicted molar refractivity (Wildman–Crippen MR) is 30.5 cm³/mol. The SMILES string of the molecule is N#CCC(=O)C(=O)CC#N. The topological polar surface area (TPSA) is 81.7 Å². The van der Waals surface area contributed by atoms with E-state index in [0.717, 1.165) is 0 Å². The molecule has 0 saturated heterocycles. The molecule has 0 atom stereocenters. The van der Waals surface area contributed by atoms with Crippen LogP contribution in [0, 0.1) is 22.7 Å². The van der Waals surface area contributed by atoms with E-state index in [4.69, 9.17) is 10.5 Å². The minimum Gasteiger partial charge on any atom is -0.290 e. The number of nitriles is 2. The third kappa shape index (κ3) is 2.58. The van der Waals surface area contributed by atoms with E-state index in [0.29, 0.717) is 0 Å². The number of ketones is 2. The molecule has 4 nitrogen and oxygen atoms in total. The van der Waals surface area contributed by atoms with Crippen LogP contribution in [0.3, 0.4) is 0 Å². The van der Waals surface area contributed by atoms with Gasteiger partial charge in [0.2, 0.25) is 11.6 Å². The third-order valence-electron chi connectivity index (χ3n) is 0.790. The van der Waals surface area contributed by atoms with Crippen LogP contribution in [0.15, 0.2) is 0 Å². The monoisotopic (exact) mass is 136 g/mol. The molecule has 0 heterocycles. The molecule has 0 aliphatic rings. The molecule has 0 N–H and O–H groups in total. The number of carbonyl (C=O) groups excluding carboxylic acids is 2. The zero-order valence-corrected chi connectivity index (χ0v) is 5.13. The van der Waals surface area contributed by atoms with Crippen LogP contribution in [0.25, 0.3) is 0 Å². The number of rotatable bonds is 3. The van der Waals surface area contributed by atoms with Gasteiger partial charge in [-0.3, -0.25) is 9.59 Å². The van der Waals surface area contributed by atoms with E-state index in [1.54, 1.807) is 0 Å². The molecule has 0 aliphatic carbocycles. The van der Waals surface area contributed by atoms with E-state index < -0.39 is 24.4 Å². The van der Waals surface area contributed by atoms with E-state index >= 15 is 0 Å². The highest BCUT2D eigenvalue weighted by molar-refractivity contribution is 6.38. The van der Waals surface area contributed by atoms with Gasteiger partial charge in [-0.15, -0.1) is 0 Å². The molecule has 0 fully saturated rings. The molecular formula is C6H4N2O2. The lowest BCUT2D eigenvalue weighted by Crippen LogP contribution is -2.11. The van der Waals surface area contributed by atoms with Crippen molar-refractivity contribution in [3.05, 3.63) is 0 Å². The Kier molecular flexibility index (Phi) is 3.51. The van der Waals surface area contributed by atoms with Crippen molar-refractivity contribution in [1.29, 1.82) is 10.5 Å². The summed E-state index contributed by atoms with van der Waals surface area (Å²) in [5.41, 5.74) is 0. The maximum Gasteiger partial charge on any atom is 0.213 e. The zero-order chi connectivity index (χ0) is 7.98. The van der Waals surface area contributed by atoms with Crippen molar-refractivity contribution in [2.24, 2.45) is 0 Å². The lowest BCUT2D eigenvalue weighted by Gasteiger charge is -1.84. The molecule has 0 rings (SSSR count). The second-order valence-corrected chi connectivity index (χ2v) is 1.52. The Morgan fingerprint density at radius 2 is 1.30 bits per heavy atom. The smallest absolute Gasteiger partial charge is 0.213 e. The summed E-state index contributed by atoms with van der Waals surface area (Å²) < 4.78 is 0. The van der Waals surface area contributed by atoms with E-state index in [-0.39, 0.29) is 0 Å². The first kappa shape index (κ1) is 8.32. The minimum absolute atomic E-state index is 0.430. The number of hydrogen-bond donors (Lipinski definition) is 0. The Labute approximate surface area is 57.7 Å². The van der Waals surface area contributed by atoms with Crippen LogP contribution in [-0.2, 0) is 9.59 Å². The molecule has 0 bridgehead atoms. The summed E-state index contributed by atoms with van der Waals surface area (Å²) in [5.74, 6) is -1.58. The van der Waals surface area contributed by atoms with E-state index in [1.165, 1.54) is 12.1 Å². The summed E-state index contributed by atoms with van der Waals surface area (Å²) in [7, 11) is 0. The van der Waals surface area contributed by atoms with Gasteiger partial charge in [-0.1, -0.05) is 0 Å². The molecule has 0 aliphatic heterocycles. The lowest BCUT2D eigenvalue weighted by atomic mass is 10.2. The second kappa shape index (κ2) is 4.22. The largest absolute Gasteiger partial charge is 0.290 e. The van der Waals surface area contributed by atoms with Crippen LogP contribution in [0.2, 0.25) is 0 Å². The highest BCUT2D eigenvalue weighted by Gasteiger charge is 2.11. The molecule has 0 unspecified atom stereocenters. The molecule has 0 radical (unpaired) electrons. The van der Waals surface area contributed by atoms with Crippen molar-refractivity contribution >= 4 is 11.6 Å². The van der Waals surface area contributed by atoms with Crippen molar-refractivity contribution in [1.82, 2.24) is 0 Å². The van der Waals surface area contributed by atoms with Crippen molar-refractivity contribution in [3.8, 4) is 12.1 Å². The average Bonchev–Trinajstić information content (AvgIpc) is 1.89. The first-order chi connectivity index (χ1) is 4.72. The van der Waals surface area contributed by atoms with Gasteiger partial charge >= 0.3 is 0 Å². The molecule has 0 aromatic rings. The fraction of sp³-hybridized carbons (Fsp3) is 0.333. The molecule has 0 aromatic carbocycles. The van der Waals surface area contributed by atoms with Crippen LogP contribution in [0.1, 0.15) is 12.8 Å². The maximum absolute atomic E-state index is 10.4. The number of hydrogen-bond acceptors (Lipinski definition) is 4. The Morgan fingerprint density at radius 1 is 1.00 bits per heavy atom. The highest BCUT2D eigenvalue weighted by atomic mass is 16.2. The normalized spacial score (nSPS) is 7.40. The number of Topliss-reactive ketones (excluding diaryl/α,β-unsaturated/α-hetero) is 2. The van der Waals surface area contributed by atoms with Crippen LogP contribution in [0.4, 0.5) is 0 Å². The van der Waals surface area contributed by atoms with E-state index in [2.05, 4.69) is 0 Å². The zero-order valence-electron chi connectivity index (χ0n) is 5.13. The first-order valence-corrected chi connectivity index (χ1v) is 2.52.